The summed E-state index contributed by atoms with van der Waals surface area (Å²) in [5.41, 5.74) is 2.29. The van der Waals surface area contributed by atoms with E-state index in [9.17, 15) is 0 Å². The van der Waals surface area contributed by atoms with Crippen molar-refractivity contribution in [2.24, 2.45) is 0 Å². The standard InChI is InChI=1S/C18H26N4S/c1-21-10-12-22(13-11-21)9-5-8-19-14-18-20-17(15-23-18)16-6-3-2-4-7-16/h2-4,6-7,15,19H,5,8-14H2,1H3. The summed E-state index contributed by atoms with van der Waals surface area (Å²) in [6, 6.07) is 10.4. The molecule has 0 amide bonds. The van der Waals surface area contributed by atoms with E-state index in [1.54, 1.807) is 11.3 Å². The van der Waals surface area contributed by atoms with Gasteiger partial charge in [0.15, 0.2) is 0 Å². The van der Waals surface area contributed by atoms with Crippen LogP contribution in [0.3, 0.4) is 0 Å². The van der Waals surface area contributed by atoms with Gasteiger partial charge in [-0.15, -0.1) is 11.3 Å². The second-order valence-electron chi connectivity index (χ2n) is 6.17. The lowest BCUT2D eigenvalue weighted by atomic mass is 10.2. The zero-order valence-corrected chi connectivity index (χ0v) is 14.7. The third-order valence-corrected chi connectivity index (χ3v) is 5.17. The fraction of sp³-hybridized carbons (Fsp3) is 0.500. The molecule has 2 aromatic rings. The van der Waals surface area contributed by atoms with Gasteiger partial charge in [0.1, 0.15) is 5.01 Å². The van der Waals surface area contributed by atoms with Gasteiger partial charge < -0.3 is 15.1 Å². The average molecular weight is 331 g/mol. The predicted octanol–water partition coefficient (Wildman–Crippen LogP) is 2.54. The molecule has 0 aliphatic carbocycles. The van der Waals surface area contributed by atoms with Gasteiger partial charge in [-0.3, -0.25) is 0 Å². The van der Waals surface area contributed by atoms with Gasteiger partial charge in [-0.05, 0) is 26.6 Å². The zero-order valence-electron chi connectivity index (χ0n) is 13.9. The zero-order chi connectivity index (χ0) is 15.9. The molecule has 3 rings (SSSR count). The van der Waals surface area contributed by atoms with Gasteiger partial charge in [-0.25, -0.2) is 4.98 Å². The number of likely N-dealkylation sites (N-methyl/N-ethyl adjacent to an activating group) is 1. The summed E-state index contributed by atoms with van der Waals surface area (Å²) < 4.78 is 0. The molecule has 0 atom stereocenters. The maximum Gasteiger partial charge on any atom is 0.107 e. The van der Waals surface area contributed by atoms with E-state index in [0.717, 1.165) is 18.8 Å². The Morgan fingerprint density at radius 2 is 1.91 bits per heavy atom. The molecule has 4 nitrogen and oxygen atoms in total. The third kappa shape index (κ3) is 5.11. The van der Waals surface area contributed by atoms with Crippen LogP contribution in [0.2, 0.25) is 0 Å². The van der Waals surface area contributed by atoms with Crippen LogP contribution in [0.15, 0.2) is 35.7 Å². The fourth-order valence-electron chi connectivity index (χ4n) is 2.83. The van der Waals surface area contributed by atoms with Gasteiger partial charge in [0, 0.05) is 43.7 Å². The predicted molar refractivity (Wildman–Crippen MR) is 97.8 cm³/mol. The third-order valence-electron chi connectivity index (χ3n) is 4.32. The number of piperazine rings is 1. The van der Waals surface area contributed by atoms with Gasteiger partial charge >= 0.3 is 0 Å². The van der Waals surface area contributed by atoms with Crippen LogP contribution in [0.4, 0.5) is 0 Å². The summed E-state index contributed by atoms with van der Waals surface area (Å²) in [6.45, 7) is 7.97. The van der Waals surface area contributed by atoms with Crippen molar-refractivity contribution in [3.8, 4) is 11.3 Å². The van der Waals surface area contributed by atoms with Crippen molar-refractivity contribution >= 4 is 11.3 Å². The first-order chi connectivity index (χ1) is 11.3. The van der Waals surface area contributed by atoms with E-state index in [2.05, 4.69) is 51.8 Å². The lowest BCUT2D eigenvalue weighted by Crippen LogP contribution is -2.45. The highest BCUT2D eigenvalue weighted by Crippen LogP contribution is 2.21. The molecular weight excluding hydrogens is 304 g/mol. The first kappa shape index (κ1) is 16.6. The Hall–Kier alpha value is -1.27. The highest BCUT2D eigenvalue weighted by molar-refractivity contribution is 7.09. The molecule has 1 N–H and O–H groups in total. The van der Waals surface area contributed by atoms with E-state index >= 15 is 0 Å². The number of thiazole rings is 1. The maximum absolute atomic E-state index is 4.72. The molecule has 1 fully saturated rings. The molecule has 0 unspecified atom stereocenters. The van der Waals surface area contributed by atoms with E-state index < -0.39 is 0 Å². The van der Waals surface area contributed by atoms with Crippen molar-refractivity contribution in [2.75, 3.05) is 46.3 Å². The number of aromatic nitrogens is 1. The van der Waals surface area contributed by atoms with Gasteiger partial charge in [-0.2, -0.15) is 0 Å². The minimum Gasteiger partial charge on any atom is -0.310 e. The van der Waals surface area contributed by atoms with Crippen molar-refractivity contribution in [1.29, 1.82) is 0 Å². The van der Waals surface area contributed by atoms with Crippen molar-refractivity contribution in [3.05, 3.63) is 40.7 Å². The second kappa shape index (κ2) is 8.55. The molecule has 1 aromatic heterocycles. The first-order valence-electron chi connectivity index (χ1n) is 8.43. The molecule has 23 heavy (non-hydrogen) atoms. The van der Waals surface area contributed by atoms with E-state index in [0.29, 0.717) is 0 Å². The normalized spacial score (nSPS) is 16.7. The highest BCUT2D eigenvalue weighted by atomic mass is 32.1. The molecule has 1 aliphatic heterocycles. The molecule has 0 spiro atoms. The van der Waals surface area contributed by atoms with Crippen LogP contribution in [0.25, 0.3) is 11.3 Å². The highest BCUT2D eigenvalue weighted by Gasteiger charge is 2.12. The molecule has 2 heterocycles. The maximum atomic E-state index is 4.72. The summed E-state index contributed by atoms with van der Waals surface area (Å²) >= 11 is 1.74. The quantitative estimate of drug-likeness (QED) is 0.791. The van der Waals surface area contributed by atoms with Crippen LogP contribution in [0.1, 0.15) is 11.4 Å². The number of nitrogens with zero attached hydrogens (tertiary/aromatic N) is 3. The minimum absolute atomic E-state index is 0.875. The summed E-state index contributed by atoms with van der Waals surface area (Å²) in [7, 11) is 2.20. The Morgan fingerprint density at radius 3 is 2.70 bits per heavy atom. The summed E-state index contributed by atoms with van der Waals surface area (Å²) in [6.07, 6.45) is 1.21. The minimum atomic E-state index is 0.875. The number of hydrogen-bond acceptors (Lipinski definition) is 5. The van der Waals surface area contributed by atoms with Gasteiger partial charge in [0.25, 0.3) is 0 Å². The Labute approximate surface area is 143 Å². The number of benzene rings is 1. The second-order valence-corrected chi connectivity index (χ2v) is 7.11. The Morgan fingerprint density at radius 1 is 1.13 bits per heavy atom. The number of hydrogen-bond donors (Lipinski definition) is 1. The molecular formula is C18H26N4S. The van der Waals surface area contributed by atoms with Crippen molar-refractivity contribution in [2.45, 2.75) is 13.0 Å². The van der Waals surface area contributed by atoms with Crippen molar-refractivity contribution < 1.29 is 0 Å². The molecule has 0 saturated carbocycles. The summed E-state index contributed by atoms with van der Waals surface area (Å²) in [4.78, 5) is 9.69. The van der Waals surface area contributed by atoms with Crippen LogP contribution in [-0.4, -0.2) is 61.1 Å². The Kier molecular flexibility index (Phi) is 6.16. The van der Waals surface area contributed by atoms with Crippen LogP contribution < -0.4 is 5.32 Å². The monoisotopic (exact) mass is 330 g/mol. The fourth-order valence-corrected chi connectivity index (χ4v) is 3.60. The molecule has 1 saturated heterocycles. The van der Waals surface area contributed by atoms with Crippen LogP contribution in [0.5, 0.6) is 0 Å². The average Bonchev–Trinajstić information content (AvgIpc) is 3.06. The first-order valence-corrected chi connectivity index (χ1v) is 9.31. The smallest absolute Gasteiger partial charge is 0.107 e. The van der Waals surface area contributed by atoms with Gasteiger partial charge in [-0.1, -0.05) is 30.3 Å². The lowest BCUT2D eigenvalue weighted by molar-refractivity contribution is 0.153. The van der Waals surface area contributed by atoms with Crippen LogP contribution in [-0.2, 0) is 6.54 Å². The largest absolute Gasteiger partial charge is 0.310 e. The van der Waals surface area contributed by atoms with Gasteiger partial charge in [0.05, 0.1) is 5.69 Å². The molecule has 1 aliphatic rings. The van der Waals surface area contributed by atoms with Crippen molar-refractivity contribution in [1.82, 2.24) is 20.1 Å². The van der Waals surface area contributed by atoms with E-state index in [-0.39, 0.29) is 0 Å². The SMILES string of the molecule is CN1CCN(CCCNCc2nc(-c3ccccc3)cs2)CC1. The van der Waals surface area contributed by atoms with Crippen LogP contribution >= 0.6 is 11.3 Å². The van der Waals surface area contributed by atoms with Gasteiger partial charge in [0.2, 0.25) is 0 Å². The summed E-state index contributed by atoms with van der Waals surface area (Å²) in [5, 5.41) is 6.84. The Bertz CT molecular complexity index is 576. The number of rotatable bonds is 7. The number of nitrogens with one attached hydrogen (secondary N) is 1. The Balaban J connectivity index is 1.34. The van der Waals surface area contributed by atoms with Crippen molar-refractivity contribution in [3.63, 3.8) is 0 Å². The van der Waals surface area contributed by atoms with Crippen LogP contribution in [0, 0.1) is 0 Å². The molecule has 1 aromatic carbocycles. The molecule has 0 bridgehead atoms. The lowest BCUT2D eigenvalue weighted by Gasteiger charge is -2.32. The molecule has 0 radical (unpaired) electrons. The molecule has 124 valence electrons. The van der Waals surface area contributed by atoms with E-state index in [4.69, 9.17) is 4.98 Å². The van der Waals surface area contributed by atoms with E-state index in [1.165, 1.54) is 49.7 Å². The van der Waals surface area contributed by atoms with E-state index in [1.807, 2.05) is 6.07 Å². The summed E-state index contributed by atoms with van der Waals surface area (Å²) in [5.74, 6) is 0. The molecule has 5 heteroatoms. The topological polar surface area (TPSA) is 31.4 Å².